The third kappa shape index (κ3) is 3.58. The SMILES string of the molecule is O=P(O)(O)C(O)(CC1CCCC(S)C1)P(=O)(O)O. The van der Waals surface area contributed by atoms with Crippen molar-refractivity contribution in [3.8, 4) is 0 Å². The summed E-state index contributed by atoms with van der Waals surface area (Å²) in [5, 5.41) is 6.52. The first-order valence-corrected chi connectivity index (χ1v) is 9.23. The third-order valence-electron chi connectivity index (χ3n) is 3.25. The molecule has 10 heteroatoms. The van der Waals surface area contributed by atoms with E-state index in [1.807, 2.05) is 0 Å². The van der Waals surface area contributed by atoms with Gasteiger partial charge in [0.1, 0.15) is 0 Å². The van der Waals surface area contributed by atoms with Gasteiger partial charge in [-0.1, -0.05) is 12.8 Å². The molecule has 18 heavy (non-hydrogen) atoms. The Kier molecular flexibility index (Phi) is 5.13. The van der Waals surface area contributed by atoms with E-state index in [9.17, 15) is 14.2 Å². The molecule has 0 bridgehead atoms. The van der Waals surface area contributed by atoms with Crippen LogP contribution >= 0.6 is 27.8 Å². The van der Waals surface area contributed by atoms with Gasteiger partial charge in [0.15, 0.2) is 0 Å². The third-order valence-corrected chi connectivity index (χ3v) is 7.51. The Bertz CT molecular complexity index is 367. The Labute approximate surface area is 110 Å². The quantitative estimate of drug-likeness (QED) is 0.334. The average Bonchev–Trinajstić information content (AvgIpc) is 2.13. The molecule has 1 fully saturated rings. The minimum atomic E-state index is -5.33. The van der Waals surface area contributed by atoms with E-state index in [2.05, 4.69) is 12.6 Å². The normalized spacial score (nSPS) is 27.2. The Balaban J connectivity index is 2.94. The highest BCUT2D eigenvalue weighted by atomic mass is 32.1. The van der Waals surface area contributed by atoms with Crippen LogP contribution in [-0.4, -0.2) is 35.0 Å². The van der Waals surface area contributed by atoms with Crippen molar-refractivity contribution in [3.63, 3.8) is 0 Å². The number of hydrogen-bond acceptors (Lipinski definition) is 4. The van der Waals surface area contributed by atoms with Gasteiger partial charge in [-0.15, -0.1) is 0 Å². The van der Waals surface area contributed by atoms with E-state index < -0.39 is 26.7 Å². The molecule has 2 unspecified atom stereocenters. The summed E-state index contributed by atoms with van der Waals surface area (Å²) in [5.41, 5.74) is 0. The second kappa shape index (κ2) is 5.54. The maximum atomic E-state index is 11.2. The van der Waals surface area contributed by atoms with E-state index in [0.29, 0.717) is 12.8 Å². The van der Waals surface area contributed by atoms with E-state index in [4.69, 9.17) is 19.6 Å². The molecule has 0 radical (unpaired) electrons. The zero-order valence-electron chi connectivity index (χ0n) is 9.58. The van der Waals surface area contributed by atoms with Gasteiger partial charge < -0.3 is 24.7 Å². The number of aliphatic hydroxyl groups is 1. The van der Waals surface area contributed by atoms with Gasteiger partial charge >= 0.3 is 15.2 Å². The van der Waals surface area contributed by atoms with Crippen LogP contribution in [0.5, 0.6) is 0 Å². The summed E-state index contributed by atoms with van der Waals surface area (Å²) < 4.78 is 22.4. The molecule has 0 spiro atoms. The Morgan fingerprint density at radius 2 is 1.61 bits per heavy atom. The number of rotatable bonds is 4. The molecular formula is C8H18O7P2S. The molecule has 1 aliphatic carbocycles. The largest absolute Gasteiger partial charge is 0.369 e. The molecule has 0 aliphatic heterocycles. The van der Waals surface area contributed by atoms with Crippen molar-refractivity contribution in [2.75, 3.05) is 0 Å². The number of hydrogen-bond donors (Lipinski definition) is 6. The van der Waals surface area contributed by atoms with E-state index >= 15 is 0 Å². The standard InChI is InChI=1S/C8H18O7P2S/c9-8(16(10,11)12,17(13,14)15)5-6-2-1-3-7(18)4-6/h6-7,9,18H,1-5H2,(H2,10,11,12)(H2,13,14,15). The summed E-state index contributed by atoms with van der Waals surface area (Å²) >= 11 is 4.25. The molecule has 0 aromatic carbocycles. The minimum Gasteiger partial charge on any atom is -0.368 e. The van der Waals surface area contributed by atoms with Crippen LogP contribution in [-0.2, 0) is 9.13 Å². The monoisotopic (exact) mass is 320 g/mol. The lowest BCUT2D eigenvalue weighted by atomic mass is 9.87. The van der Waals surface area contributed by atoms with Crippen molar-refractivity contribution in [2.45, 2.75) is 42.4 Å². The van der Waals surface area contributed by atoms with Crippen molar-refractivity contribution in [3.05, 3.63) is 0 Å². The second-order valence-corrected chi connectivity index (χ2v) is 9.49. The summed E-state index contributed by atoms with van der Waals surface area (Å²) in [5.74, 6) is -0.355. The van der Waals surface area contributed by atoms with Crippen LogP contribution in [0.25, 0.3) is 0 Å². The summed E-state index contributed by atoms with van der Waals surface area (Å²) in [6, 6.07) is 0. The van der Waals surface area contributed by atoms with Gasteiger partial charge in [-0.2, -0.15) is 12.6 Å². The van der Waals surface area contributed by atoms with Crippen LogP contribution in [0.2, 0.25) is 0 Å². The predicted molar refractivity (Wildman–Crippen MR) is 68.4 cm³/mol. The number of thiol groups is 1. The van der Waals surface area contributed by atoms with Crippen LogP contribution in [0.15, 0.2) is 0 Å². The van der Waals surface area contributed by atoms with Gasteiger partial charge in [0.25, 0.3) is 5.08 Å². The molecule has 0 saturated heterocycles. The molecule has 0 heterocycles. The second-order valence-electron chi connectivity index (χ2n) is 4.75. The fourth-order valence-corrected chi connectivity index (χ4v) is 5.07. The molecule has 2 atom stereocenters. The topological polar surface area (TPSA) is 135 Å². The molecular weight excluding hydrogens is 302 g/mol. The van der Waals surface area contributed by atoms with Crippen molar-refractivity contribution < 1.29 is 33.8 Å². The van der Waals surface area contributed by atoms with Crippen LogP contribution in [0, 0.1) is 5.92 Å². The summed E-state index contributed by atoms with van der Waals surface area (Å²) in [7, 11) is -10.7. The van der Waals surface area contributed by atoms with E-state index in [-0.39, 0.29) is 11.2 Å². The van der Waals surface area contributed by atoms with Gasteiger partial charge in [-0.25, -0.2) is 0 Å². The van der Waals surface area contributed by atoms with Gasteiger partial charge in [0.2, 0.25) is 0 Å². The lowest BCUT2D eigenvalue weighted by Crippen LogP contribution is -2.33. The van der Waals surface area contributed by atoms with Crippen molar-refractivity contribution >= 4 is 27.8 Å². The fraction of sp³-hybridized carbons (Fsp3) is 1.00. The highest BCUT2D eigenvalue weighted by molar-refractivity contribution is 7.80. The smallest absolute Gasteiger partial charge is 0.368 e. The van der Waals surface area contributed by atoms with E-state index in [1.54, 1.807) is 0 Å². The van der Waals surface area contributed by atoms with Crippen LogP contribution in [0.3, 0.4) is 0 Å². The minimum absolute atomic E-state index is 0.0292. The Morgan fingerprint density at radius 3 is 2.00 bits per heavy atom. The Morgan fingerprint density at radius 1 is 1.11 bits per heavy atom. The summed E-state index contributed by atoms with van der Waals surface area (Å²) in [6.07, 6.45) is 2.05. The van der Waals surface area contributed by atoms with Crippen LogP contribution in [0.4, 0.5) is 0 Å². The van der Waals surface area contributed by atoms with Gasteiger partial charge in [-0.05, 0) is 18.8 Å². The zero-order chi connectivity index (χ0) is 14.2. The average molecular weight is 320 g/mol. The molecule has 0 amide bonds. The van der Waals surface area contributed by atoms with Crippen molar-refractivity contribution in [1.29, 1.82) is 0 Å². The fourth-order valence-electron chi connectivity index (χ4n) is 2.24. The molecule has 7 nitrogen and oxygen atoms in total. The molecule has 1 saturated carbocycles. The highest BCUT2D eigenvalue weighted by Crippen LogP contribution is 2.70. The first-order valence-electron chi connectivity index (χ1n) is 5.49. The molecule has 108 valence electrons. The zero-order valence-corrected chi connectivity index (χ0v) is 12.3. The molecule has 5 N–H and O–H groups in total. The first-order chi connectivity index (χ1) is 7.97. The summed E-state index contributed by atoms with van der Waals surface area (Å²) in [4.78, 5) is 36.1. The first kappa shape index (κ1) is 16.7. The van der Waals surface area contributed by atoms with Gasteiger partial charge in [0, 0.05) is 11.7 Å². The highest BCUT2D eigenvalue weighted by Gasteiger charge is 2.59. The van der Waals surface area contributed by atoms with Crippen molar-refractivity contribution in [1.82, 2.24) is 0 Å². The van der Waals surface area contributed by atoms with Gasteiger partial charge in [0.05, 0.1) is 0 Å². The lowest BCUT2D eigenvalue weighted by Gasteiger charge is -2.35. The maximum absolute atomic E-state index is 11.2. The maximum Gasteiger partial charge on any atom is 0.369 e. The molecule has 1 aliphatic rings. The molecule has 1 rings (SSSR count). The predicted octanol–water partition coefficient (Wildman–Crippen LogP) is 0.867. The van der Waals surface area contributed by atoms with Gasteiger partial charge in [-0.3, -0.25) is 9.13 Å². The van der Waals surface area contributed by atoms with E-state index in [1.165, 1.54) is 0 Å². The van der Waals surface area contributed by atoms with Crippen LogP contribution in [0.1, 0.15) is 32.1 Å². The summed E-state index contributed by atoms with van der Waals surface area (Å²) in [6.45, 7) is 0. The molecule has 0 aromatic rings. The van der Waals surface area contributed by atoms with E-state index in [0.717, 1.165) is 12.8 Å². The lowest BCUT2D eigenvalue weighted by molar-refractivity contribution is 0.0992. The van der Waals surface area contributed by atoms with Crippen LogP contribution < -0.4 is 0 Å². The van der Waals surface area contributed by atoms with Crippen molar-refractivity contribution in [2.24, 2.45) is 5.92 Å². The molecule has 0 aromatic heterocycles. The Hall–Kier alpha value is 0.610.